The molecule has 2 aromatic carbocycles. The lowest BCUT2D eigenvalue weighted by molar-refractivity contribution is -0.147. The number of hydrogen-bond donors (Lipinski definition) is 6. The number of hydrogen-bond acceptors (Lipinski definition) is 9. The fourth-order valence-corrected chi connectivity index (χ4v) is 7.20. The highest BCUT2D eigenvalue weighted by molar-refractivity contribution is 7.89. The first-order valence-corrected chi connectivity index (χ1v) is 16.4. The van der Waals surface area contributed by atoms with Crippen LogP contribution >= 0.6 is 0 Å². The average molecular weight is 647 g/mol. The molecule has 1 fully saturated rings. The van der Waals surface area contributed by atoms with Gasteiger partial charge in [-0.1, -0.05) is 49.6 Å². The lowest BCUT2D eigenvalue weighted by atomic mass is 9.76. The topological polar surface area (TPSA) is 230 Å². The van der Waals surface area contributed by atoms with E-state index in [-0.39, 0.29) is 42.7 Å². The van der Waals surface area contributed by atoms with E-state index >= 15 is 0 Å². The Balaban J connectivity index is 1.90. The van der Waals surface area contributed by atoms with Crippen molar-refractivity contribution in [2.24, 2.45) is 22.8 Å². The molecule has 0 spiro atoms. The van der Waals surface area contributed by atoms with E-state index in [0.717, 1.165) is 0 Å². The van der Waals surface area contributed by atoms with Crippen molar-refractivity contribution < 1.29 is 42.9 Å². The van der Waals surface area contributed by atoms with Crippen LogP contribution in [-0.4, -0.2) is 77.0 Å². The van der Waals surface area contributed by atoms with Crippen molar-refractivity contribution in [2.45, 2.75) is 74.8 Å². The number of carbonyl (C=O) groups is 4. The Hall–Kier alpha value is -4.01. The highest BCUT2D eigenvalue weighted by atomic mass is 32.2. The maximum Gasteiger partial charge on any atom is 0.326 e. The first kappa shape index (κ1) is 35.5. The van der Waals surface area contributed by atoms with E-state index in [1.165, 1.54) is 48.5 Å². The molecule has 2 amide bonds. The minimum Gasteiger partial charge on any atom is -0.508 e. The number of aromatic hydroxyl groups is 1. The number of rotatable bonds is 17. The fraction of sp³-hybridized carbons (Fsp3) is 0.484. The summed E-state index contributed by atoms with van der Waals surface area (Å²) in [6.45, 7) is -0.406. The molecule has 3 atom stereocenters. The maximum absolute atomic E-state index is 13.7. The molecule has 0 aromatic heterocycles. The Morgan fingerprint density at radius 2 is 1.56 bits per heavy atom. The third-order valence-corrected chi connectivity index (χ3v) is 10.0. The predicted octanol–water partition coefficient (Wildman–Crippen LogP) is 1.83. The molecule has 0 saturated heterocycles. The third kappa shape index (κ3) is 9.25. The molecule has 2 aromatic rings. The largest absolute Gasteiger partial charge is 0.508 e. The number of unbranched alkanes of at least 4 members (excludes halogenated alkanes) is 1. The molecule has 45 heavy (non-hydrogen) atoms. The number of sulfonamides is 1. The van der Waals surface area contributed by atoms with Gasteiger partial charge >= 0.3 is 11.9 Å². The van der Waals surface area contributed by atoms with Gasteiger partial charge in [0.25, 0.3) is 15.9 Å². The molecular weight excluding hydrogens is 604 g/mol. The van der Waals surface area contributed by atoms with Crippen LogP contribution in [0.4, 0.5) is 0 Å². The smallest absolute Gasteiger partial charge is 0.326 e. The van der Waals surface area contributed by atoms with Crippen molar-refractivity contribution in [1.29, 1.82) is 0 Å². The van der Waals surface area contributed by atoms with Gasteiger partial charge in [0.1, 0.15) is 11.8 Å². The molecule has 0 radical (unpaired) electrons. The zero-order chi connectivity index (χ0) is 33.2. The second-order valence-corrected chi connectivity index (χ2v) is 13.4. The predicted molar refractivity (Wildman–Crippen MR) is 164 cm³/mol. The van der Waals surface area contributed by atoms with Crippen molar-refractivity contribution in [2.75, 3.05) is 13.1 Å². The number of phenols is 1. The summed E-state index contributed by atoms with van der Waals surface area (Å²) in [4.78, 5) is 51.8. The number of phenolic OH excluding ortho intramolecular Hbond substituents is 1. The van der Waals surface area contributed by atoms with E-state index in [9.17, 15) is 42.9 Å². The molecule has 1 aliphatic carbocycles. The van der Waals surface area contributed by atoms with Crippen molar-refractivity contribution >= 4 is 33.8 Å². The second-order valence-electron chi connectivity index (χ2n) is 11.5. The third-order valence-electron chi connectivity index (χ3n) is 8.26. The van der Waals surface area contributed by atoms with Crippen LogP contribution in [0.15, 0.2) is 59.5 Å². The minimum absolute atomic E-state index is 0.00222. The number of nitrogens with two attached hydrogens (primary N) is 2. The Labute approximate surface area is 262 Å². The number of carbonyl (C=O) groups excluding carboxylic acids is 2. The molecule has 14 heteroatoms. The number of amides is 2. The SMILES string of the molecule is NCCCC[C@H](N)C(=O)N(C[C@H](CC1(C(=O)N[C@@H](Cc2ccc(O)cc2)C(=O)O)CCCC1)C(=O)O)S(=O)(=O)c1ccccc1. The molecule has 0 bridgehead atoms. The van der Waals surface area contributed by atoms with Gasteiger partial charge in [0.15, 0.2) is 0 Å². The molecule has 1 saturated carbocycles. The van der Waals surface area contributed by atoms with Crippen molar-refractivity contribution in [3.05, 3.63) is 60.2 Å². The zero-order valence-corrected chi connectivity index (χ0v) is 25.8. The van der Waals surface area contributed by atoms with Gasteiger partial charge in [-0.2, -0.15) is 0 Å². The molecule has 0 unspecified atom stereocenters. The minimum atomic E-state index is -4.53. The lowest BCUT2D eigenvalue weighted by Gasteiger charge is -2.34. The second kappa shape index (κ2) is 15.8. The summed E-state index contributed by atoms with van der Waals surface area (Å²) in [6.07, 6.45) is 2.42. The summed E-state index contributed by atoms with van der Waals surface area (Å²) in [6, 6.07) is 10.4. The van der Waals surface area contributed by atoms with E-state index in [2.05, 4.69) is 5.32 Å². The van der Waals surface area contributed by atoms with Gasteiger partial charge in [-0.15, -0.1) is 0 Å². The number of benzene rings is 2. The van der Waals surface area contributed by atoms with E-state index in [1.54, 1.807) is 6.07 Å². The Morgan fingerprint density at radius 1 is 0.933 bits per heavy atom. The van der Waals surface area contributed by atoms with Gasteiger partial charge in [-0.05, 0) is 68.5 Å². The monoisotopic (exact) mass is 646 g/mol. The Bertz CT molecular complexity index is 1430. The van der Waals surface area contributed by atoms with Crippen LogP contribution in [0.2, 0.25) is 0 Å². The molecule has 3 rings (SSSR count). The first-order chi connectivity index (χ1) is 21.3. The number of carboxylic acids is 2. The summed E-state index contributed by atoms with van der Waals surface area (Å²) < 4.78 is 27.9. The standard InChI is InChI=1S/C31H42N4O9S/c32-17-7-4-10-25(33)27(37)35(45(43,44)24-8-2-1-3-9-24)20-22(28(38)39)19-31(15-5-6-16-31)30(42)34-26(29(40)41)18-21-11-13-23(36)14-12-21/h1-3,8-9,11-14,22,25-26,36H,4-7,10,15-20,32-33H2,(H,34,42)(H,38,39)(H,40,41)/t22-,25-,26-/m0/s1. The van der Waals surface area contributed by atoms with Gasteiger partial charge in [0.2, 0.25) is 5.91 Å². The van der Waals surface area contributed by atoms with Crippen LogP contribution in [0.5, 0.6) is 5.75 Å². The van der Waals surface area contributed by atoms with Crippen LogP contribution < -0.4 is 16.8 Å². The molecular formula is C31H42N4O9S. The van der Waals surface area contributed by atoms with E-state index in [1.807, 2.05) is 0 Å². The van der Waals surface area contributed by atoms with Gasteiger partial charge in [-0.25, -0.2) is 17.5 Å². The number of nitrogens with one attached hydrogen (secondary N) is 1. The fourth-order valence-electron chi connectivity index (χ4n) is 5.70. The highest BCUT2D eigenvalue weighted by Gasteiger charge is 2.47. The molecule has 0 heterocycles. The van der Waals surface area contributed by atoms with Crippen molar-refractivity contribution in [3.8, 4) is 5.75 Å². The molecule has 0 aliphatic heterocycles. The van der Waals surface area contributed by atoms with E-state index in [4.69, 9.17) is 11.5 Å². The number of carboxylic acid groups (broad SMARTS) is 2. The molecule has 246 valence electrons. The quantitative estimate of drug-likeness (QED) is 0.136. The highest BCUT2D eigenvalue weighted by Crippen LogP contribution is 2.44. The van der Waals surface area contributed by atoms with Crippen LogP contribution in [0.3, 0.4) is 0 Å². The average Bonchev–Trinajstić information content (AvgIpc) is 3.49. The van der Waals surface area contributed by atoms with Gasteiger partial charge in [0.05, 0.1) is 28.8 Å². The van der Waals surface area contributed by atoms with E-state index < -0.39 is 63.7 Å². The van der Waals surface area contributed by atoms with Crippen LogP contribution in [-0.2, 0) is 35.6 Å². The van der Waals surface area contributed by atoms with Crippen molar-refractivity contribution in [1.82, 2.24) is 9.62 Å². The van der Waals surface area contributed by atoms with Gasteiger partial charge in [0, 0.05) is 6.42 Å². The van der Waals surface area contributed by atoms with Crippen LogP contribution in [0, 0.1) is 11.3 Å². The molecule has 8 N–H and O–H groups in total. The summed E-state index contributed by atoms with van der Waals surface area (Å²) in [5.41, 5.74) is 10.9. The summed E-state index contributed by atoms with van der Waals surface area (Å²) in [5, 5.41) is 32.2. The molecule has 13 nitrogen and oxygen atoms in total. The lowest BCUT2D eigenvalue weighted by Crippen LogP contribution is -2.52. The Morgan fingerprint density at radius 3 is 2.11 bits per heavy atom. The molecule has 1 aliphatic rings. The number of nitrogens with zero attached hydrogens (tertiary/aromatic N) is 1. The van der Waals surface area contributed by atoms with Crippen LogP contribution in [0.25, 0.3) is 0 Å². The normalized spacial score (nSPS) is 16.3. The Kier molecular flexibility index (Phi) is 12.5. The van der Waals surface area contributed by atoms with E-state index in [0.29, 0.717) is 42.1 Å². The number of aliphatic carboxylic acids is 2. The van der Waals surface area contributed by atoms with Gasteiger partial charge in [-0.3, -0.25) is 14.4 Å². The summed E-state index contributed by atoms with van der Waals surface area (Å²) in [7, 11) is -4.53. The zero-order valence-electron chi connectivity index (χ0n) is 25.0. The maximum atomic E-state index is 13.7. The summed E-state index contributed by atoms with van der Waals surface area (Å²) in [5.74, 6) is -5.82. The van der Waals surface area contributed by atoms with Gasteiger partial charge < -0.3 is 32.1 Å². The van der Waals surface area contributed by atoms with Crippen LogP contribution in [0.1, 0.15) is 56.9 Å². The van der Waals surface area contributed by atoms with Crippen molar-refractivity contribution in [3.63, 3.8) is 0 Å². The summed E-state index contributed by atoms with van der Waals surface area (Å²) >= 11 is 0. The first-order valence-electron chi connectivity index (χ1n) is 14.9.